The molecule has 0 radical (unpaired) electrons. The number of rotatable bonds is 6. The molecule has 7 nitrogen and oxygen atoms in total. The molecule has 9 unspecified atom stereocenters. The summed E-state index contributed by atoms with van der Waals surface area (Å²) >= 11 is 0. The molecule has 2 aliphatic heterocycles. The van der Waals surface area contributed by atoms with Crippen molar-refractivity contribution in [1.82, 2.24) is 13.9 Å². The molecule has 2 bridgehead atoms. The van der Waals surface area contributed by atoms with E-state index in [1.54, 1.807) is 0 Å². The molecule has 6 aliphatic rings. The van der Waals surface area contributed by atoms with Crippen LogP contribution in [0.15, 0.2) is 64.2 Å². The monoisotopic (exact) mass is 599 g/mol. The lowest BCUT2D eigenvalue weighted by Gasteiger charge is -2.71. The van der Waals surface area contributed by atoms with E-state index in [1.807, 2.05) is 39.7 Å². The quantitative estimate of drug-likeness (QED) is 0.278. The maximum atomic E-state index is 14.8. The zero-order valence-electron chi connectivity index (χ0n) is 27.3. The van der Waals surface area contributed by atoms with E-state index in [2.05, 4.69) is 58.9 Å². The summed E-state index contributed by atoms with van der Waals surface area (Å²) in [6.07, 6.45) is 16.7. The Bertz CT molecular complexity index is 1650. The number of allylic oxidation sites excluding steroid dienone is 4. The molecule has 0 saturated heterocycles. The summed E-state index contributed by atoms with van der Waals surface area (Å²) < 4.78 is 11.0. The van der Waals surface area contributed by atoms with Gasteiger partial charge in [-0.25, -0.2) is 23.5 Å². The van der Waals surface area contributed by atoms with Crippen LogP contribution in [0.2, 0.25) is 0 Å². The lowest BCUT2D eigenvalue weighted by atomic mass is 9.40. The Morgan fingerprint density at radius 1 is 0.955 bits per heavy atom. The number of fused-ring (bicyclic) bond motifs is 1. The highest BCUT2D eigenvalue weighted by Gasteiger charge is 2.75. The van der Waals surface area contributed by atoms with Crippen molar-refractivity contribution >= 4 is 5.97 Å². The molecule has 8 rings (SSSR count). The minimum Gasteiger partial charge on any atom is -0.462 e. The Kier molecular flexibility index (Phi) is 6.70. The topological polar surface area (TPSA) is 75.2 Å². The van der Waals surface area contributed by atoms with Crippen molar-refractivity contribution in [2.24, 2.45) is 40.4 Å². The first kappa shape index (κ1) is 29.6. The lowest BCUT2D eigenvalue weighted by Crippen LogP contribution is -2.76. The molecule has 3 heterocycles. The third-order valence-corrected chi connectivity index (χ3v) is 13.1. The first-order valence-corrected chi connectivity index (χ1v) is 17.0. The standard InChI is InChI=1S/C37H49N3O4/c1-24(2)11-10-12-25(3)29-15-16-30-34(29,5)19-18-31-35(6)20-17-28(44-26(4)41)23-36(35)21-22-37(30,31)40-33(43)38(32(42)39(36)40)27-13-8-7-9-14-27/h7-10,12-14,21-22,24-25,28-31H,11,15-20,23H2,1-6H3. The highest BCUT2D eigenvalue weighted by atomic mass is 16.5. The maximum absolute atomic E-state index is 14.8. The van der Waals surface area contributed by atoms with E-state index in [0.29, 0.717) is 29.9 Å². The third kappa shape index (κ3) is 3.70. The van der Waals surface area contributed by atoms with Gasteiger partial charge in [0.25, 0.3) is 0 Å². The second-order valence-electron chi connectivity index (χ2n) is 15.6. The predicted octanol–water partition coefficient (Wildman–Crippen LogP) is 6.58. The molecule has 1 aromatic carbocycles. The predicted molar refractivity (Wildman–Crippen MR) is 172 cm³/mol. The highest BCUT2D eigenvalue weighted by Crippen LogP contribution is 2.74. The van der Waals surface area contributed by atoms with Crippen LogP contribution in [-0.2, 0) is 20.6 Å². The first-order valence-electron chi connectivity index (χ1n) is 17.0. The van der Waals surface area contributed by atoms with Gasteiger partial charge in [-0.2, -0.15) is 0 Å². The molecule has 9 atom stereocenters. The summed E-state index contributed by atoms with van der Waals surface area (Å²) in [6.45, 7) is 13.2. The SMILES string of the molecule is CC(=O)OC1CCC2(C)C3CCC4(C)C(C(C)C=CCC(C)C)CCC4C34C=CC2(C1)n1c(=O)n(-c2ccccc2)c(=O)n14. The maximum Gasteiger partial charge on any atom is 0.352 e. The zero-order chi connectivity index (χ0) is 31.2. The molecule has 0 amide bonds. The van der Waals surface area contributed by atoms with Crippen molar-refractivity contribution < 1.29 is 9.53 Å². The van der Waals surface area contributed by atoms with Crippen molar-refractivity contribution in [3.05, 3.63) is 75.6 Å². The van der Waals surface area contributed by atoms with Crippen molar-refractivity contribution in [2.75, 3.05) is 0 Å². The summed E-state index contributed by atoms with van der Waals surface area (Å²) in [7, 11) is 0. The number of benzene rings is 1. The van der Waals surface area contributed by atoms with Gasteiger partial charge >= 0.3 is 17.3 Å². The van der Waals surface area contributed by atoms with E-state index in [1.165, 1.54) is 11.5 Å². The van der Waals surface area contributed by atoms with Crippen molar-refractivity contribution in [3.8, 4) is 5.69 Å². The second kappa shape index (κ2) is 9.95. The summed E-state index contributed by atoms with van der Waals surface area (Å²) in [5, 5.41) is 0. The van der Waals surface area contributed by atoms with Gasteiger partial charge in [0.05, 0.1) is 16.8 Å². The van der Waals surface area contributed by atoms with Crippen LogP contribution in [0.5, 0.6) is 0 Å². The molecule has 3 saturated carbocycles. The Labute approximate surface area is 261 Å². The smallest absolute Gasteiger partial charge is 0.352 e. The Morgan fingerprint density at radius 2 is 1.68 bits per heavy atom. The van der Waals surface area contributed by atoms with Gasteiger partial charge in [-0.15, -0.1) is 0 Å². The van der Waals surface area contributed by atoms with E-state index >= 15 is 0 Å². The van der Waals surface area contributed by atoms with Gasteiger partial charge in [-0.05, 0) is 92.1 Å². The van der Waals surface area contributed by atoms with Crippen molar-refractivity contribution in [3.63, 3.8) is 0 Å². The lowest BCUT2D eigenvalue weighted by molar-refractivity contribution is -0.204. The Morgan fingerprint density at radius 3 is 2.39 bits per heavy atom. The molecule has 3 fully saturated rings. The van der Waals surface area contributed by atoms with Crippen LogP contribution >= 0.6 is 0 Å². The minimum absolute atomic E-state index is 0.0419. The van der Waals surface area contributed by atoms with Crippen LogP contribution in [0.3, 0.4) is 0 Å². The largest absolute Gasteiger partial charge is 0.462 e. The molecular weight excluding hydrogens is 550 g/mol. The molecule has 7 heteroatoms. The summed E-state index contributed by atoms with van der Waals surface area (Å²) in [5.74, 6) is 1.78. The average Bonchev–Trinajstić information content (AvgIpc) is 3.47. The third-order valence-electron chi connectivity index (χ3n) is 13.1. The van der Waals surface area contributed by atoms with Crippen LogP contribution in [0.25, 0.3) is 5.69 Å². The van der Waals surface area contributed by atoms with E-state index in [4.69, 9.17) is 4.74 Å². The number of carbonyl (C=O) groups excluding carboxylic acids is 1. The second-order valence-corrected chi connectivity index (χ2v) is 15.6. The Balaban J connectivity index is 1.43. The molecule has 236 valence electrons. The van der Waals surface area contributed by atoms with Crippen LogP contribution in [0.4, 0.5) is 0 Å². The van der Waals surface area contributed by atoms with E-state index in [-0.39, 0.29) is 46.1 Å². The molecular formula is C37H49N3O4. The van der Waals surface area contributed by atoms with Gasteiger partial charge < -0.3 is 4.74 Å². The number of nitrogens with zero attached hydrogens (tertiary/aromatic N) is 3. The normalized spacial score (nSPS) is 39.2. The number of hydrogen-bond acceptors (Lipinski definition) is 4. The fraction of sp³-hybridized carbons (Fsp3) is 0.649. The molecule has 2 aromatic rings. The van der Waals surface area contributed by atoms with E-state index in [0.717, 1.165) is 44.9 Å². The van der Waals surface area contributed by atoms with E-state index in [9.17, 15) is 14.4 Å². The molecule has 2 spiro atoms. The van der Waals surface area contributed by atoms with Gasteiger partial charge in [0, 0.05) is 18.8 Å². The fourth-order valence-corrected chi connectivity index (χ4v) is 11.3. The number of para-hydroxylation sites is 1. The van der Waals surface area contributed by atoms with Crippen LogP contribution in [-0.4, -0.2) is 26.0 Å². The van der Waals surface area contributed by atoms with Crippen molar-refractivity contribution in [1.29, 1.82) is 0 Å². The van der Waals surface area contributed by atoms with Crippen LogP contribution in [0.1, 0.15) is 92.9 Å². The molecule has 4 aliphatic carbocycles. The molecule has 1 aromatic heterocycles. The van der Waals surface area contributed by atoms with Gasteiger partial charge in [0.1, 0.15) is 6.10 Å². The number of ether oxygens (including phenoxy) is 1. The minimum atomic E-state index is -0.743. The van der Waals surface area contributed by atoms with Gasteiger partial charge in [-0.1, -0.05) is 77.1 Å². The first-order chi connectivity index (χ1) is 20.9. The van der Waals surface area contributed by atoms with E-state index < -0.39 is 11.1 Å². The molecule has 0 N–H and O–H groups in total. The van der Waals surface area contributed by atoms with Crippen LogP contribution in [0, 0.1) is 40.4 Å². The van der Waals surface area contributed by atoms with Crippen molar-refractivity contribution in [2.45, 2.75) is 110 Å². The zero-order valence-corrected chi connectivity index (χ0v) is 27.3. The van der Waals surface area contributed by atoms with Gasteiger partial charge in [-0.3, -0.25) is 4.79 Å². The average molecular weight is 600 g/mol. The highest BCUT2D eigenvalue weighted by molar-refractivity contribution is 5.66. The van der Waals surface area contributed by atoms with Crippen LogP contribution < -0.4 is 11.4 Å². The number of aromatic nitrogens is 3. The fourth-order valence-electron chi connectivity index (χ4n) is 11.3. The summed E-state index contributed by atoms with van der Waals surface area (Å²) in [4.78, 5) is 41.6. The summed E-state index contributed by atoms with van der Waals surface area (Å²) in [6, 6.07) is 9.36. The summed E-state index contributed by atoms with van der Waals surface area (Å²) in [5.41, 5.74) is -1.47. The van der Waals surface area contributed by atoms with Gasteiger partial charge in [0.2, 0.25) is 0 Å². The number of esters is 1. The molecule has 44 heavy (non-hydrogen) atoms. The number of carbonyl (C=O) groups is 1. The number of hydrogen-bond donors (Lipinski definition) is 0. The van der Waals surface area contributed by atoms with Gasteiger partial charge in [0.15, 0.2) is 0 Å². The Hall–Kier alpha value is -3.09.